The Kier molecular flexibility index (Phi) is 3.30. The van der Waals surface area contributed by atoms with Gasteiger partial charge in [-0.25, -0.2) is 13.4 Å². The van der Waals surface area contributed by atoms with Gasteiger partial charge < -0.3 is 0 Å². The Hall–Kier alpha value is -1.21. The molecule has 0 aromatic heterocycles. The predicted octanol–water partition coefficient (Wildman–Crippen LogP) is 2.25. The fourth-order valence-electron chi connectivity index (χ4n) is 1.63. The van der Waals surface area contributed by atoms with Gasteiger partial charge in [0.1, 0.15) is 0 Å². The highest BCUT2D eigenvalue weighted by molar-refractivity contribution is 9.10. The first kappa shape index (κ1) is 12.3. The number of anilines is 1. The van der Waals surface area contributed by atoms with Crippen LogP contribution >= 0.6 is 15.9 Å². The number of rotatable bonds is 3. The van der Waals surface area contributed by atoms with Crippen LogP contribution in [0.5, 0.6) is 0 Å². The van der Waals surface area contributed by atoms with E-state index >= 15 is 0 Å². The van der Waals surface area contributed by atoms with Gasteiger partial charge in [0.2, 0.25) is 0 Å². The highest BCUT2D eigenvalue weighted by Crippen LogP contribution is 2.25. The van der Waals surface area contributed by atoms with Crippen LogP contribution in [0.15, 0.2) is 45.5 Å². The number of hydrogen-bond donors (Lipinski definition) is 0. The molecule has 0 fully saturated rings. The molecule has 0 saturated heterocycles. The molecule has 0 spiro atoms. The molecule has 5 nitrogen and oxygen atoms in total. The molecule has 0 amide bonds. The monoisotopic (exact) mass is 316 g/mol. The van der Waals surface area contributed by atoms with Crippen LogP contribution in [0.3, 0.4) is 0 Å². The smallest absolute Gasteiger partial charge is 0.173 e. The van der Waals surface area contributed by atoms with Crippen molar-refractivity contribution in [3.8, 4) is 0 Å². The summed E-state index contributed by atoms with van der Waals surface area (Å²) in [5, 5.41) is 5.17. The number of sulfone groups is 1. The van der Waals surface area contributed by atoms with E-state index in [0.717, 1.165) is 14.9 Å². The van der Waals surface area contributed by atoms with Crippen molar-refractivity contribution in [2.45, 2.75) is 6.04 Å². The molecule has 2 rings (SSSR count). The Labute approximate surface area is 107 Å². The molecule has 0 bridgehead atoms. The van der Waals surface area contributed by atoms with E-state index < -0.39 is 15.9 Å². The molecule has 1 aromatic rings. The predicted molar refractivity (Wildman–Crippen MR) is 69.1 cm³/mol. The first-order valence-corrected chi connectivity index (χ1v) is 7.32. The summed E-state index contributed by atoms with van der Waals surface area (Å²) in [5.74, 6) is -0.120. The first-order valence-electron chi connectivity index (χ1n) is 4.81. The Morgan fingerprint density at radius 3 is 2.71 bits per heavy atom. The molecule has 1 unspecified atom stereocenters. The van der Waals surface area contributed by atoms with Crippen LogP contribution in [0.2, 0.25) is 0 Å². The molecular formula is C10H9BrN2O3S. The minimum Gasteiger partial charge on any atom is -0.224 e. The number of hydrogen-bond acceptors (Lipinski definition) is 4. The summed E-state index contributed by atoms with van der Waals surface area (Å²) in [6, 6.07) is 6.44. The number of benzene rings is 1. The van der Waals surface area contributed by atoms with E-state index in [9.17, 15) is 13.3 Å². The Morgan fingerprint density at radius 2 is 2.18 bits per heavy atom. The Balaban J connectivity index is 2.30. The van der Waals surface area contributed by atoms with E-state index in [1.165, 1.54) is 6.08 Å². The van der Waals surface area contributed by atoms with Crippen LogP contribution in [0.1, 0.15) is 0 Å². The second-order valence-electron chi connectivity index (χ2n) is 3.63. The SMILES string of the molecule is O=NN(c1cccc(Br)c1)C1C=CS(=O)(=O)C1. The van der Waals surface area contributed by atoms with Crippen molar-refractivity contribution in [2.24, 2.45) is 5.29 Å². The maximum absolute atomic E-state index is 11.3. The third kappa shape index (κ3) is 2.73. The van der Waals surface area contributed by atoms with E-state index in [1.807, 2.05) is 6.07 Å². The van der Waals surface area contributed by atoms with Crippen LogP contribution in [0.4, 0.5) is 5.69 Å². The summed E-state index contributed by atoms with van der Waals surface area (Å²) in [6.45, 7) is 0. The summed E-state index contributed by atoms with van der Waals surface area (Å²) in [4.78, 5) is 10.8. The normalized spacial score (nSPS) is 21.4. The van der Waals surface area contributed by atoms with Crippen LogP contribution in [0.25, 0.3) is 0 Å². The molecule has 1 aromatic carbocycles. The Bertz CT molecular complexity index is 571. The third-order valence-electron chi connectivity index (χ3n) is 2.39. The summed E-state index contributed by atoms with van der Waals surface area (Å²) < 4.78 is 23.4. The largest absolute Gasteiger partial charge is 0.224 e. The summed E-state index contributed by atoms with van der Waals surface area (Å²) in [7, 11) is -3.20. The van der Waals surface area contributed by atoms with Gasteiger partial charge in [-0.3, -0.25) is 0 Å². The second-order valence-corrected chi connectivity index (χ2v) is 6.48. The molecule has 1 aliphatic heterocycles. The quantitative estimate of drug-likeness (QED) is 0.633. The maximum atomic E-state index is 11.3. The summed E-state index contributed by atoms with van der Waals surface area (Å²) >= 11 is 3.28. The number of halogens is 1. The zero-order valence-electron chi connectivity index (χ0n) is 8.65. The first-order chi connectivity index (χ1) is 8.02. The second kappa shape index (κ2) is 4.58. The van der Waals surface area contributed by atoms with Gasteiger partial charge in [0.05, 0.1) is 22.8 Å². The van der Waals surface area contributed by atoms with Crippen molar-refractivity contribution in [3.05, 3.63) is 45.1 Å². The lowest BCUT2D eigenvalue weighted by atomic mass is 10.2. The lowest BCUT2D eigenvalue weighted by Crippen LogP contribution is -2.31. The van der Waals surface area contributed by atoms with E-state index in [1.54, 1.807) is 18.2 Å². The summed E-state index contributed by atoms with van der Waals surface area (Å²) in [5.41, 5.74) is 0.557. The minimum absolute atomic E-state index is 0.120. The third-order valence-corrected chi connectivity index (χ3v) is 4.26. The van der Waals surface area contributed by atoms with Crippen LogP contribution < -0.4 is 5.01 Å². The van der Waals surface area contributed by atoms with Crippen molar-refractivity contribution >= 4 is 31.5 Å². The fourth-order valence-corrected chi connectivity index (χ4v) is 3.28. The molecule has 90 valence electrons. The average molecular weight is 317 g/mol. The van der Waals surface area contributed by atoms with Crippen molar-refractivity contribution < 1.29 is 8.42 Å². The van der Waals surface area contributed by atoms with Crippen molar-refractivity contribution in [1.29, 1.82) is 0 Å². The molecule has 0 saturated carbocycles. The van der Waals surface area contributed by atoms with E-state index in [-0.39, 0.29) is 5.75 Å². The Morgan fingerprint density at radius 1 is 1.41 bits per heavy atom. The van der Waals surface area contributed by atoms with E-state index in [2.05, 4.69) is 21.2 Å². The molecule has 0 aliphatic carbocycles. The molecule has 0 radical (unpaired) electrons. The van der Waals surface area contributed by atoms with Gasteiger partial charge in [0, 0.05) is 9.88 Å². The van der Waals surface area contributed by atoms with Gasteiger partial charge in [0.25, 0.3) is 0 Å². The zero-order chi connectivity index (χ0) is 12.5. The van der Waals surface area contributed by atoms with E-state index in [4.69, 9.17) is 0 Å². The maximum Gasteiger partial charge on any atom is 0.173 e. The van der Waals surface area contributed by atoms with Gasteiger partial charge in [0.15, 0.2) is 9.84 Å². The van der Waals surface area contributed by atoms with Gasteiger partial charge in [-0.1, -0.05) is 22.0 Å². The van der Waals surface area contributed by atoms with Crippen LogP contribution in [0, 0.1) is 4.91 Å². The van der Waals surface area contributed by atoms with E-state index in [0.29, 0.717) is 5.69 Å². The molecule has 7 heteroatoms. The highest BCUT2D eigenvalue weighted by Gasteiger charge is 2.28. The lowest BCUT2D eigenvalue weighted by molar-refractivity contribution is 0.602. The van der Waals surface area contributed by atoms with Gasteiger partial charge in [-0.2, -0.15) is 0 Å². The molecule has 17 heavy (non-hydrogen) atoms. The topological polar surface area (TPSA) is 66.8 Å². The van der Waals surface area contributed by atoms with Crippen molar-refractivity contribution in [2.75, 3.05) is 10.8 Å². The zero-order valence-corrected chi connectivity index (χ0v) is 11.1. The van der Waals surface area contributed by atoms with Gasteiger partial charge in [-0.05, 0) is 24.3 Å². The fraction of sp³-hybridized carbons (Fsp3) is 0.200. The van der Waals surface area contributed by atoms with Crippen molar-refractivity contribution in [3.63, 3.8) is 0 Å². The standard InChI is InChI=1S/C10H9BrN2O3S/c11-8-2-1-3-9(6-8)13(12-14)10-4-5-17(15,16)7-10/h1-6,10H,7H2. The lowest BCUT2D eigenvalue weighted by Gasteiger charge is -2.20. The van der Waals surface area contributed by atoms with Gasteiger partial charge in [-0.15, -0.1) is 4.91 Å². The molecule has 1 aliphatic rings. The highest BCUT2D eigenvalue weighted by atomic mass is 79.9. The number of nitroso groups, excluding NO2 is 1. The molecular weight excluding hydrogens is 308 g/mol. The summed E-state index contributed by atoms with van der Waals surface area (Å²) in [6.07, 6.45) is 1.47. The van der Waals surface area contributed by atoms with Gasteiger partial charge >= 0.3 is 0 Å². The average Bonchev–Trinajstić information content (AvgIpc) is 2.60. The molecule has 1 heterocycles. The number of nitrogens with zero attached hydrogens (tertiary/aromatic N) is 2. The molecule has 1 atom stereocenters. The minimum atomic E-state index is -3.20. The van der Waals surface area contributed by atoms with Crippen LogP contribution in [-0.4, -0.2) is 20.2 Å². The molecule has 0 N–H and O–H groups in total. The van der Waals surface area contributed by atoms with Crippen molar-refractivity contribution in [1.82, 2.24) is 0 Å². The van der Waals surface area contributed by atoms with Crippen LogP contribution in [-0.2, 0) is 9.84 Å².